The number of carbonyl (C=O) groups excluding carboxylic acids is 3. The van der Waals surface area contributed by atoms with Crippen LogP contribution in [-0.4, -0.2) is 36.5 Å². The number of aliphatic hydroxyl groups excluding tert-OH is 1. The van der Waals surface area contributed by atoms with Crippen LogP contribution in [0.15, 0.2) is 59.5 Å². The number of hydrogen-bond donors (Lipinski definition) is 1. The standard InChI is InChI=1S/C27H23Cl2NO6S/c1-14(2)13-36-27(34)15-6-8-17(9-7-15)30-22(20-5-4-10-37-20)21(24(32)26(30)33)23(31)16-11-18(28)25(35-3)19(29)12-16/h4-12,14,22,31H,13H2,1-3H3/b23-21-. The average molecular weight is 560 g/mol. The number of ether oxygens (including phenoxy) is 2. The van der Waals surface area contributed by atoms with Gasteiger partial charge in [0.25, 0.3) is 11.7 Å². The predicted molar refractivity (Wildman–Crippen MR) is 144 cm³/mol. The summed E-state index contributed by atoms with van der Waals surface area (Å²) in [6, 6.07) is 11.7. The van der Waals surface area contributed by atoms with Crippen molar-refractivity contribution in [1.82, 2.24) is 0 Å². The van der Waals surface area contributed by atoms with Gasteiger partial charge in [0.15, 0.2) is 5.75 Å². The summed E-state index contributed by atoms with van der Waals surface area (Å²) < 4.78 is 10.4. The van der Waals surface area contributed by atoms with Gasteiger partial charge >= 0.3 is 5.97 Å². The molecule has 3 aromatic rings. The van der Waals surface area contributed by atoms with Gasteiger partial charge in [0, 0.05) is 16.1 Å². The van der Waals surface area contributed by atoms with E-state index >= 15 is 0 Å². The summed E-state index contributed by atoms with van der Waals surface area (Å²) in [5.74, 6) is -2.16. The predicted octanol–water partition coefficient (Wildman–Crippen LogP) is 6.50. The Hall–Kier alpha value is -3.33. The van der Waals surface area contributed by atoms with Gasteiger partial charge in [-0.05, 0) is 53.8 Å². The molecule has 1 atom stereocenters. The number of benzene rings is 2. The maximum Gasteiger partial charge on any atom is 0.338 e. The number of halogens is 2. The van der Waals surface area contributed by atoms with Crippen molar-refractivity contribution in [3.8, 4) is 5.75 Å². The molecule has 1 aliphatic heterocycles. The highest BCUT2D eigenvalue weighted by Crippen LogP contribution is 2.45. The van der Waals surface area contributed by atoms with E-state index in [1.165, 1.54) is 47.6 Å². The van der Waals surface area contributed by atoms with E-state index in [-0.39, 0.29) is 39.5 Å². The van der Waals surface area contributed by atoms with Gasteiger partial charge in [-0.15, -0.1) is 11.3 Å². The number of rotatable bonds is 7. The first-order chi connectivity index (χ1) is 17.6. The number of carbonyl (C=O) groups is 3. The van der Waals surface area contributed by atoms with Gasteiger partial charge in [0.2, 0.25) is 0 Å². The van der Waals surface area contributed by atoms with E-state index in [4.69, 9.17) is 32.7 Å². The normalized spacial score (nSPS) is 16.9. The SMILES string of the molecule is COc1c(Cl)cc(/C(O)=C2/C(=O)C(=O)N(c3ccc(C(=O)OCC(C)C)cc3)C2c2cccs2)cc1Cl. The third-order valence-corrected chi connectivity index (χ3v) is 7.15. The summed E-state index contributed by atoms with van der Waals surface area (Å²) >= 11 is 13.8. The third-order valence-electron chi connectivity index (χ3n) is 5.66. The number of anilines is 1. The Balaban J connectivity index is 1.78. The Bertz CT molecular complexity index is 1360. The quantitative estimate of drug-likeness (QED) is 0.153. The van der Waals surface area contributed by atoms with Crippen molar-refractivity contribution in [2.45, 2.75) is 19.9 Å². The van der Waals surface area contributed by atoms with E-state index in [1.807, 2.05) is 19.2 Å². The molecule has 1 unspecified atom stereocenters. The lowest BCUT2D eigenvalue weighted by atomic mass is 9.99. The second-order valence-corrected chi connectivity index (χ2v) is 10.5. The highest BCUT2D eigenvalue weighted by molar-refractivity contribution is 7.10. The van der Waals surface area contributed by atoms with Gasteiger partial charge in [-0.1, -0.05) is 43.1 Å². The van der Waals surface area contributed by atoms with Crippen LogP contribution in [-0.2, 0) is 14.3 Å². The molecule has 4 rings (SSSR count). The number of hydrogen-bond acceptors (Lipinski definition) is 7. The molecule has 7 nitrogen and oxygen atoms in total. The van der Waals surface area contributed by atoms with Gasteiger partial charge in [0.1, 0.15) is 11.8 Å². The highest BCUT2D eigenvalue weighted by Gasteiger charge is 2.47. The largest absolute Gasteiger partial charge is 0.507 e. The molecule has 0 bridgehead atoms. The molecular weight excluding hydrogens is 537 g/mol. The maximum atomic E-state index is 13.3. The van der Waals surface area contributed by atoms with Gasteiger partial charge in [-0.3, -0.25) is 14.5 Å². The van der Waals surface area contributed by atoms with Crippen LogP contribution >= 0.6 is 34.5 Å². The van der Waals surface area contributed by atoms with Crippen molar-refractivity contribution in [3.05, 3.63) is 85.5 Å². The highest BCUT2D eigenvalue weighted by atomic mass is 35.5. The van der Waals surface area contributed by atoms with Crippen LogP contribution in [0.3, 0.4) is 0 Å². The minimum absolute atomic E-state index is 0.106. The van der Waals surface area contributed by atoms with Crippen molar-refractivity contribution >= 4 is 63.6 Å². The van der Waals surface area contributed by atoms with Crippen molar-refractivity contribution in [2.75, 3.05) is 18.6 Å². The van der Waals surface area contributed by atoms with Crippen LogP contribution in [0.4, 0.5) is 5.69 Å². The van der Waals surface area contributed by atoms with Crippen LogP contribution in [0.2, 0.25) is 10.0 Å². The smallest absolute Gasteiger partial charge is 0.338 e. The first kappa shape index (κ1) is 26.7. The molecule has 1 N–H and O–H groups in total. The Morgan fingerprint density at radius 1 is 1.08 bits per heavy atom. The molecule has 1 aliphatic rings. The lowest BCUT2D eigenvalue weighted by Crippen LogP contribution is -2.29. The van der Waals surface area contributed by atoms with Crippen LogP contribution in [0, 0.1) is 5.92 Å². The molecule has 1 saturated heterocycles. The van der Waals surface area contributed by atoms with Gasteiger partial charge in [-0.2, -0.15) is 0 Å². The second kappa shape index (κ2) is 11.0. The van der Waals surface area contributed by atoms with E-state index in [1.54, 1.807) is 24.3 Å². The zero-order valence-electron chi connectivity index (χ0n) is 20.2. The average Bonchev–Trinajstić information content (AvgIpc) is 3.49. The van der Waals surface area contributed by atoms with E-state index in [2.05, 4.69) is 0 Å². The number of ketones is 1. The summed E-state index contributed by atoms with van der Waals surface area (Å²) in [5.41, 5.74) is 0.755. The van der Waals surface area contributed by atoms with Crippen molar-refractivity contribution in [3.63, 3.8) is 0 Å². The lowest BCUT2D eigenvalue weighted by molar-refractivity contribution is -0.132. The number of amides is 1. The minimum Gasteiger partial charge on any atom is -0.507 e. The van der Waals surface area contributed by atoms with Crippen molar-refractivity contribution in [1.29, 1.82) is 0 Å². The fourth-order valence-electron chi connectivity index (χ4n) is 3.95. The summed E-state index contributed by atoms with van der Waals surface area (Å²) in [6.45, 7) is 4.16. The molecule has 10 heteroatoms. The molecule has 2 aromatic carbocycles. The number of esters is 1. The van der Waals surface area contributed by atoms with Crippen LogP contribution < -0.4 is 9.64 Å². The maximum absolute atomic E-state index is 13.3. The second-order valence-electron chi connectivity index (χ2n) is 8.70. The summed E-state index contributed by atoms with van der Waals surface area (Å²) in [7, 11) is 1.41. The molecule has 1 fully saturated rings. The zero-order chi connectivity index (χ0) is 26.9. The number of methoxy groups -OCH3 is 1. The van der Waals surface area contributed by atoms with Crippen molar-refractivity contribution in [2.24, 2.45) is 5.92 Å². The number of thiophene rings is 1. The van der Waals surface area contributed by atoms with E-state index in [0.717, 1.165) is 0 Å². The van der Waals surface area contributed by atoms with Gasteiger partial charge in [-0.25, -0.2) is 4.79 Å². The molecule has 1 aromatic heterocycles. The minimum atomic E-state index is -0.904. The molecule has 2 heterocycles. The molecule has 37 heavy (non-hydrogen) atoms. The zero-order valence-corrected chi connectivity index (χ0v) is 22.5. The van der Waals surface area contributed by atoms with Gasteiger partial charge < -0.3 is 14.6 Å². The number of nitrogens with zero attached hydrogens (tertiary/aromatic N) is 1. The summed E-state index contributed by atoms with van der Waals surface area (Å²) in [4.78, 5) is 40.8. The first-order valence-corrected chi connectivity index (χ1v) is 12.9. The third kappa shape index (κ3) is 5.23. The Morgan fingerprint density at radius 3 is 2.27 bits per heavy atom. The monoisotopic (exact) mass is 559 g/mol. The Labute approximate surface area is 227 Å². The molecule has 1 amide bonds. The van der Waals surface area contributed by atoms with Gasteiger partial charge in [0.05, 0.1) is 34.9 Å². The Morgan fingerprint density at radius 2 is 1.73 bits per heavy atom. The molecule has 0 spiro atoms. The van der Waals surface area contributed by atoms with E-state index < -0.39 is 29.5 Å². The molecular formula is C27H23Cl2NO6S. The van der Waals surface area contributed by atoms with E-state index in [9.17, 15) is 19.5 Å². The fourth-order valence-corrected chi connectivity index (χ4v) is 5.41. The van der Waals surface area contributed by atoms with E-state index in [0.29, 0.717) is 16.1 Å². The molecule has 192 valence electrons. The fraction of sp³-hybridized carbons (Fsp3) is 0.222. The topological polar surface area (TPSA) is 93.1 Å². The number of aliphatic hydroxyl groups is 1. The Kier molecular flexibility index (Phi) is 7.92. The summed E-state index contributed by atoms with van der Waals surface area (Å²) in [5, 5.41) is 13.3. The first-order valence-electron chi connectivity index (χ1n) is 11.3. The molecule has 0 aliphatic carbocycles. The van der Waals surface area contributed by atoms with Crippen LogP contribution in [0.25, 0.3) is 5.76 Å². The van der Waals surface area contributed by atoms with Crippen LogP contribution in [0.1, 0.15) is 40.7 Å². The molecule has 0 radical (unpaired) electrons. The lowest BCUT2D eigenvalue weighted by Gasteiger charge is -2.24. The van der Waals surface area contributed by atoms with Crippen LogP contribution in [0.5, 0.6) is 5.75 Å². The van der Waals surface area contributed by atoms with Crippen molar-refractivity contribution < 1.29 is 29.0 Å². The summed E-state index contributed by atoms with van der Waals surface area (Å²) in [6.07, 6.45) is 0. The number of Topliss-reactive ketones (excluding diaryl/α,β-unsaturated/α-hetero) is 1. The molecule has 0 saturated carbocycles.